The van der Waals surface area contributed by atoms with E-state index in [2.05, 4.69) is 44.0 Å². The summed E-state index contributed by atoms with van der Waals surface area (Å²) in [4.78, 5) is 2.60. The number of rotatable bonds is 4. The van der Waals surface area contributed by atoms with Crippen LogP contribution in [-0.4, -0.2) is 36.6 Å². The minimum Gasteiger partial charge on any atom is -0.310 e. The number of nitrogens with zero attached hydrogens (tertiary/aromatic N) is 1. The molecule has 2 heteroatoms. The summed E-state index contributed by atoms with van der Waals surface area (Å²) in [6, 6.07) is 1.43. The average Bonchev–Trinajstić information content (AvgIpc) is 2.42. The Labute approximate surface area is 101 Å². The van der Waals surface area contributed by atoms with Crippen LogP contribution in [0.1, 0.15) is 47.0 Å². The van der Waals surface area contributed by atoms with Crippen LogP contribution in [0, 0.1) is 0 Å². The molecule has 1 rings (SSSR count). The Morgan fingerprint density at radius 1 is 1.31 bits per heavy atom. The van der Waals surface area contributed by atoms with Crippen molar-refractivity contribution in [2.45, 2.75) is 59.0 Å². The van der Waals surface area contributed by atoms with E-state index < -0.39 is 0 Å². The van der Waals surface area contributed by atoms with Crippen molar-refractivity contribution in [2.24, 2.45) is 0 Å². The molecule has 1 N–H and O–H groups in total. The molecule has 16 heavy (non-hydrogen) atoms. The molecule has 0 radical (unpaired) electrons. The van der Waals surface area contributed by atoms with Gasteiger partial charge in [-0.15, -0.1) is 0 Å². The van der Waals surface area contributed by atoms with E-state index in [1.54, 1.807) is 0 Å². The topological polar surface area (TPSA) is 15.3 Å². The Bertz CT molecular complexity index is 217. The smallest absolute Gasteiger partial charge is 0.0139 e. The first-order valence-electron chi connectivity index (χ1n) is 6.70. The molecule has 0 amide bonds. The van der Waals surface area contributed by atoms with Gasteiger partial charge in [-0.05, 0) is 60.0 Å². The fraction of sp³-hybridized carbons (Fsp3) is 0.857. The van der Waals surface area contributed by atoms with Gasteiger partial charge in [0.05, 0.1) is 0 Å². The number of nitrogens with one attached hydrogen (secondary N) is 1. The Morgan fingerprint density at radius 3 is 2.69 bits per heavy atom. The van der Waals surface area contributed by atoms with Gasteiger partial charge in [-0.3, -0.25) is 0 Å². The van der Waals surface area contributed by atoms with Crippen molar-refractivity contribution >= 4 is 0 Å². The SMILES string of the molecule is CC(C)=CCNC1CCCN(C(C)C)CC1. The molecular formula is C14H28N2. The standard InChI is InChI=1S/C14H28N2/c1-12(2)7-9-15-14-6-5-10-16(11-8-14)13(3)4/h7,13-15H,5-6,8-11H2,1-4H3. The molecule has 1 unspecified atom stereocenters. The van der Waals surface area contributed by atoms with Crippen LogP contribution in [-0.2, 0) is 0 Å². The maximum Gasteiger partial charge on any atom is 0.0139 e. The first-order chi connectivity index (χ1) is 7.59. The van der Waals surface area contributed by atoms with Crippen molar-refractivity contribution in [3.63, 3.8) is 0 Å². The summed E-state index contributed by atoms with van der Waals surface area (Å²) in [5, 5.41) is 3.65. The van der Waals surface area contributed by atoms with E-state index in [-0.39, 0.29) is 0 Å². The van der Waals surface area contributed by atoms with Gasteiger partial charge in [-0.2, -0.15) is 0 Å². The molecule has 1 saturated heterocycles. The molecule has 94 valence electrons. The fourth-order valence-electron chi connectivity index (χ4n) is 2.27. The maximum absolute atomic E-state index is 3.65. The Balaban J connectivity index is 2.27. The van der Waals surface area contributed by atoms with Crippen LogP contribution in [0.4, 0.5) is 0 Å². The van der Waals surface area contributed by atoms with E-state index in [9.17, 15) is 0 Å². The summed E-state index contributed by atoms with van der Waals surface area (Å²) in [6.07, 6.45) is 6.25. The number of likely N-dealkylation sites (tertiary alicyclic amines) is 1. The quantitative estimate of drug-likeness (QED) is 0.739. The lowest BCUT2D eigenvalue weighted by molar-refractivity contribution is 0.229. The van der Waals surface area contributed by atoms with E-state index in [0.717, 1.165) is 12.6 Å². The van der Waals surface area contributed by atoms with Crippen molar-refractivity contribution in [1.82, 2.24) is 10.2 Å². The number of hydrogen-bond donors (Lipinski definition) is 1. The molecule has 0 aliphatic carbocycles. The molecule has 1 aliphatic heterocycles. The highest BCUT2D eigenvalue weighted by Crippen LogP contribution is 2.13. The summed E-state index contributed by atoms with van der Waals surface area (Å²) in [6.45, 7) is 12.5. The summed E-state index contributed by atoms with van der Waals surface area (Å²) in [5.41, 5.74) is 1.41. The van der Waals surface area contributed by atoms with Gasteiger partial charge in [0.15, 0.2) is 0 Å². The molecular weight excluding hydrogens is 196 g/mol. The summed E-state index contributed by atoms with van der Waals surface area (Å²) in [7, 11) is 0. The first-order valence-corrected chi connectivity index (χ1v) is 6.70. The highest BCUT2D eigenvalue weighted by molar-refractivity contribution is 4.95. The van der Waals surface area contributed by atoms with Crippen LogP contribution in [0.3, 0.4) is 0 Å². The molecule has 1 fully saturated rings. The molecule has 1 atom stereocenters. The highest BCUT2D eigenvalue weighted by Gasteiger charge is 2.17. The third kappa shape index (κ3) is 5.13. The van der Waals surface area contributed by atoms with Crippen LogP contribution in [0.15, 0.2) is 11.6 Å². The molecule has 0 aromatic rings. The van der Waals surface area contributed by atoms with Crippen LogP contribution in [0.5, 0.6) is 0 Å². The molecule has 0 aromatic heterocycles. The molecule has 0 saturated carbocycles. The molecule has 1 aliphatic rings. The number of hydrogen-bond acceptors (Lipinski definition) is 2. The van der Waals surface area contributed by atoms with Gasteiger partial charge in [-0.1, -0.05) is 11.6 Å². The molecule has 1 heterocycles. The lowest BCUT2D eigenvalue weighted by Gasteiger charge is -2.24. The average molecular weight is 224 g/mol. The largest absolute Gasteiger partial charge is 0.310 e. The summed E-state index contributed by atoms with van der Waals surface area (Å²) in [5.74, 6) is 0. The van der Waals surface area contributed by atoms with Gasteiger partial charge in [0.2, 0.25) is 0 Å². The third-order valence-electron chi connectivity index (χ3n) is 3.41. The third-order valence-corrected chi connectivity index (χ3v) is 3.41. The van der Waals surface area contributed by atoms with Crippen LogP contribution >= 0.6 is 0 Å². The molecule has 0 aromatic carbocycles. The fourth-order valence-corrected chi connectivity index (χ4v) is 2.27. The lowest BCUT2D eigenvalue weighted by atomic mass is 10.1. The minimum atomic E-state index is 0.705. The zero-order valence-electron chi connectivity index (χ0n) is 11.4. The van der Waals surface area contributed by atoms with E-state index in [1.165, 1.54) is 37.9 Å². The predicted molar refractivity (Wildman–Crippen MR) is 71.8 cm³/mol. The summed E-state index contributed by atoms with van der Waals surface area (Å²) < 4.78 is 0. The zero-order chi connectivity index (χ0) is 12.0. The second-order valence-corrected chi connectivity index (χ2v) is 5.45. The maximum atomic E-state index is 3.65. The number of allylic oxidation sites excluding steroid dienone is 1. The molecule has 0 spiro atoms. The normalized spacial score (nSPS) is 23.2. The van der Waals surface area contributed by atoms with Crippen LogP contribution in [0.25, 0.3) is 0 Å². The Hall–Kier alpha value is -0.340. The van der Waals surface area contributed by atoms with Crippen molar-refractivity contribution in [2.75, 3.05) is 19.6 Å². The van der Waals surface area contributed by atoms with E-state index >= 15 is 0 Å². The minimum absolute atomic E-state index is 0.705. The zero-order valence-corrected chi connectivity index (χ0v) is 11.4. The van der Waals surface area contributed by atoms with E-state index in [4.69, 9.17) is 0 Å². The van der Waals surface area contributed by atoms with Gasteiger partial charge < -0.3 is 10.2 Å². The van der Waals surface area contributed by atoms with Gasteiger partial charge in [0.1, 0.15) is 0 Å². The van der Waals surface area contributed by atoms with Gasteiger partial charge in [0, 0.05) is 18.6 Å². The Morgan fingerprint density at radius 2 is 2.06 bits per heavy atom. The van der Waals surface area contributed by atoms with Crippen molar-refractivity contribution in [3.05, 3.63) is 11.6 Å². The van der Waals surface area contributed by atoms with Crippen LogP contribution in [0.2, 0.25) is 0 Å². The molecule has 0 bridgehead atoms. The lowest BCUT2D eigenvalue weighted by Crippen LogP contribution is -2.34. The predicted octanol–water partition coefficient (Wildman–Crippen LogP) is 2.81. The van der Waals surface area contributed by atoms with E-state index in [0.29, 0.717) is 6.04 Å². The molecule has 2 nitrogen and oxygen atoms in total. The van der Waals surface area contributed by atoms with Crippen molar-refractivity contribution in [3.8, 4) is 0 Å². The first kappa shape index (κ1) is 13.7. The van der Waals surface area contributed by atoms with Gasteiger partial charge in [-0.25, -0.2) is 0 Å². The summed E-state index contributed by atoms with van der Waals surface area (Å²) >= 11 is 0. The van der Waals surface area contributed by atoms with Crippen LogP contribution < -0.4 is 5.32 Å². The highest BCUT2D eigenvalue weighted by atomic mass is 15.1. The van der Waals surface area contributed by atoms with Gasteiger partial charge in [0.25, 0.3) is 0 Å². The second-order valence-electron chi connectivity index (χ2n) is 5.45. The van der Waals surface area contributed by atoms with Crippen molar-refractivity contribution < 1.29 is 0 Å². The Kier molecular flexibility index (Phi) is 6.07. The van der Waals surface area contributed by atoms with Crippen molar-refractivity contribution in [1.29, 1.82) is 0 Å². The monoisotopic (exact) mass is 224 g/mol. The van der Waals surface area contributed by atoms with E-state index in [1.807, 2.05) is 0 Å². The van der Waals surface area contributed by atoms with Gasteiger partial charge >= 0.3 is 0 Å². The second kappa shape index (κ2) is 7.08.